The number of benzene rings is 1. The molecule has 0 saturated heterocycles. The van der Waals surface area contributed by atoms with Crippen LogP contribution in [0.5, 0.6) is 11.5 Å². The molecule has 4 heteroatoms. The maximum absolute atomic E-state index is 8.94. The van der Waals surface area contributed by atoms with Crippen molar-refractivity contribution in [2.24, 2.45) is 11.1 Å². The Morgan fingerprint density at radius 2 is 2.33 bits per heavy atom. The zero-order chi connectivity index (χ0) is 10.8. The van der Waals surface area contributed by atoms with Crippen molar-refractivity contribution in [1.82, 2.24) is 0 Å². The molecule has 0 radical (unpaired) electrons. The van der Waals surface area contributed by atoms with E-state index in [0.717, 1.165) is 11.3 Å². The molecule has 15 heavy (non-hydrogen) atoms. The minimum atomic E-state index is 0.107. The summed E-state index contributed by atoms with van der Waals surface area (Å²) >= 11 is 0. The van der Waals surface area contributed by atoms with E-state index in [1.807, 2.05) is 19.1 Å². The predicted octanol–water partition coefficient (Wildman–Crippen LogP) is 1.90. The second-order valence-electron chi connectivity index (χ2n) is 3.56. The molecule has 80 valence electrons. The van der Waals surface area contributed by atoms with Gasteiger partial charge >= 0.3 is 0 Å². The zero-order valence-electron chi connectivity index (χ0n) is 8.73. The molecule has 0 fully saturated rings. The van der Waals surface area contributed by atoms with Crippen molar-refractivity contribution in [2.45, 2.75) is 6.92 Å². The Hall–Kier alpha value is -1.71. The van der Waals surface area contributed by atoms with Gasteiger partial charge < -0.3 is 14.7 Å². The van der Waals surface area contributed by atoms with Gasteiger partial charge in [-0.05, 0) is 12.1 Å². The number of hydrogen-bond acceptors (Lipinski definition) is 4. The lowest BCUT2D eigenvalue weighted by atomic mass is 9.96. The SMILES string of the molecule is COc1ccc2c(c1)OCC(C)C2=NO. The first-order chi connectivity index (χ1) is 7.26. The van der Waals surface area contributed by atoms with Crippen molar-refractivity contribution in [3.63, 3.8) is 0 Å². The average molecular weight is 207 g/mol. The van der Waals surface area contributed by atoms with Gasteiger partial charge in [0.25, 0.3) is 0 Å². The first-order valence-electron chi connectivity index (χ1n) is 4.79. The molecule has 1 N–H and O–H groups in total. The summed E-state index contributed by atoms with van der Waals surface area (Å²) in [6.07, 6.45) is 0. The number of oxime groups is 1. The fourth-order valence-corrected chi connectivity index (χ4v) is 1.67. The third kappa shape index (κ3) is 1.63. The highest BCUT2D eigenvalue weighted by Crippen LogP contribution is 2.31. The molecule has 0 aliphatic carbocycles. The van der Waals surface area contributed by atoms with Crippen molar-refractivity contribution >= 4 is 5.71 Å². The molecule has 4 nitrogen and oxygen atoms in total. The van der Waals surface area contributed by atoms with E-state index in [-0.39, 0.29) is 5.92 Å². The molecule has 1 aromatic rings. The monoisotopic (exact) mass is 207 g/mol. The van der Waals surface area contributed by atoms with Gasteiger partial charge in [0.05, 0.1) is 19.4 Å². The molecule has 1 heterocycles. The normalized spacial score (nSPS) is 22.0. The quantitative estimate of drug-likeness (QED) is 0.565. The van der Waals surface area contributed by atoms with Crippen LogP contribution in [0.1, 0.15) is 12.5 Å². The van der Waals surface area contributed by atoms with Gasteiger partial charge in [0.1, 0.15) is 11.5 Å². The third-order valence-electron chi connectivity index (χ3n) is 2.53. The maximum atomic E-state index is 8.94. The summed E-state index contributed by atoms with van der Waals surface area (Å²) in [5.41, 5.74) is 1.50. The Morgan fingerprint density at radius 1 is 1.53 bits per heavy atom. The van der Waals surface area contributed by atoms with E-state index in [2.05, 4.69) is 5.16 Å². The van der Waals surface area contributed by atoms with Gasteiger partial charge in [0.2, 0.25) is 0 Å². The minimum absolute atomic E-state index is 0.107. The molecule has 2 rings (SSSR count). The van der Waals surface area contributed by atoms with E-state index in [4.69, 9.17) is 14.7 Å². The molecule has 1 atom stereocenters. The van der Waals surface area contributed by atoms with Crippen LogP contribution >= 0.6 is 0 Å². The number of nitrogens with zero attached hydrogens (tertiary/aromatic N) is 1. The van der Waals surface area contributed by atoms with E-state index >= 15 is 0 Å². The lowest BCUT2D eigenvalue weighted by Gasteiger charge is -2.23. The van der Waals surface area contributed by atoms with Crippen LogP contribution < -0.4 is 9.47 Å². The van der Waals surface area contributed by atoms with E-state index in [1.54, 1.807) is 13.2 Å². The van der Waals surface area contributed by atoms with Gasteiger partial charge in [-0.2, -0.15) is 0 Å². The van der Waals surface area contributed by atoms with Crippen LogP contribution in [0.25, 0.3) is 0 Å². The van der Waals surface area contributed by atoms with Crippen LogP contribution in [0, 0.1) is 5.92 Å². The predicted molar refractivity (Wildman–Crippen MR) is 56.0 cm³/mol. The fraction of sp³-hybridized carbons (Fsp3) is 0.364. The standard InChI is InChI=1S/C11H13NO3/c1-7-6-15-10-5-8(14-2)3-4-9(10)11(7)12-13/h3-5,7,13H,6H2,1-2H3. The van der Waals surface area contributed by atoms with Gasteiger partial charge in [0.15, 0.2) is 0 Å². The van der Waals surface area contributed by atoms with Crippen molar-refractivity contribution in [2.75, 3.05) is 13.7 Å². The fourth-order valence-electron chi connectivity index (χ4n) is 1.67. The summed E-state index contributed by atoms with van der Waals surface area (Å²) in [6, 6.07) is 5.47. The lowest BCUT2D eigenvalue weighted by molar-refractivity contribution is 0.267. The second kappa shape index (κ2) is 3.81. The molecule has 1 aliphatic heterocycles. The molecule has 1 unspecified atom stereocenters. The average Bonchev–Trinajstić information content (AvgIpc) is 2.28. The van der Waals surface area contributed by atoms with Crippen LogP contribution in [0.4, 0.5) is 0 Å². The molecule has 0 amide bonds. The van der Waals surface area contributed by atoms with Crippen molar-refractivity contribution in [3.05, 3.63) is 23.8 Å². The molecule has 0 saturated carbocycles. The minimum Gasteiger partial charge on any atom is -0.497 e. The van der Waals surface area contributed by atoms with E-state index in [9.17, 15) is 0 Å². The Morgan fingerprint density at radius 3 is 3.00 bits per heavy atom. The van der Waals surface area contributed by atoms with Crippen molar-refractivity contribution in [3.8, 4) is 11.5 Å². The molecular weight excluding hydrogens is 194 g/mol. The van der Waals surface area contributed by atoms with Crippen LogP contribution in [-0.2, 0) is 0 Å². The Kier molecular flexibility index (Phi) is 2.49. The first-order valence-corrected chi connectivity index (χ1v) is 4.79. The Balaban J connectivity index is 2.47. The highest BCUT2D eigenvalue weighted by atomic mass is 16.5. The van der Waals surface area contributed by atoms with Gasteiger partial charge in [-0.3, -0.25) is 0 Å². The Labute approximate surface area is 88.1 Å². The molecule has 0 aromatic heterocycles. The van der Waals surface area contributed by atoms with E-state index in [1.165, 1.54) is 0 Å². The topological polar surface area (TPSA) is 51.0 Å². The maximum Gasteiger partial charge on any atom is 0.132 e. The summed E-state index contributed by atoms with van der Waals surface area (Å²) in [4.78, 5) is 0. The summed E-state index contributed by atoms with van der Waals surface area (Å²) in [5, 5.41) is 12.3. The smallest absolute Gasteiger partial charge is 0.132 e. The number of fused-ring (bicyclic) bond motifs is 1. The number of rotatable bonds is 1. The highest BCUT2D eigenvalue weighted by molar-refractivity contribution is 6.04. The van der Waals surface area contributed by atoms with Gasteiger partial charge in [-0.25, -0.2) is 0 Å². The van der Waals surface area contributed by atoms with E-state index < -0.39 is 0 Å². The van der Waals surface area contributed by atoms with Crippen molar-refractivity contribution in [1.29, 1.82) is 0 Å². The second-order valence-corrected chi connectivity index (χ2v) is 3.56. The zero-order valence-corrected chi connectivity index (χ0v) is 8.73. The Bertz CT molecular complexity index is 401. The number of hydrogen-bond donors (Lipinski definition) is 1. The van der Waals surface area contributed by atoms with Crippen LogP contribution in [0.15, 0.2) is 23.4 Å². The summed E-state index contributed by atoms with van der Waals surface area (Å²) in [7, 11) is 1.61. The summed E-state index contributed by atoms with van der Waals surface area (Å²) in [5.74, 6) is 1.55. The van der Waals surface area contributed by atoms with Gasteiger partial charge in [-0.1, -0.05) is 12.1 Å². The molecule has 0 spiro atoms. The summed E-state index contributed by atoms with van der Waals surface area (Å²) in [6.45, 7) is 2.49. The molecule has 0 bridgehead atoms. The van der Waals surface area contributed by atoms with Gasteiger partial charge in [-0.15, -0.1) is 0 Å². The first kappa shape index (κ1) is 9.83. The third-order valence-corrected chi connectivity index (χ3v) is 2.53. The molecular formula is C11H13NO3. The van der Waals surface area contributed by atoms with Crippen LogP contribution in [0.2, 0.25) is 0 Å². The highest BCUT2D eigenvalue weighted by Gasteiger charge is 2.24. The van der Waals surface area contributed by atoms with Crippen LogP contribution in [-0.4, -0.2) is 24.6 Å². The lowest BCUT2D eigenvalue weighted by Crippen LogP contribution is -2.26. The van der Waals surface area contributed by atoms with E-state index in [0.29, 0.717) is 18.1 Å². The van der Waals surface area contributed by atoms with Crippen molar-refractivity contribution < 1.29 is 14.7 Å². The summed E-state index contributed by atoms with van der Waals surface area (Å²) < 4.78 is 10.6. The number of methoxy groups -OCH3 is 1. The number of ether oxygens (including phenoxy) is 2. The molecule has 1 aromatic carbocycles. The molecule has 1 aliphatic rings. The van der Waals surface area contributed by atoms with Gasteiger partial charge in [0, 0.05) is 17.5 Å². The largest absolute Gasteiger partial charge is 0.497 e. The van der Waals surface area contributed by atoms with Crippen LogP contribution in [0.3, 0.4) is 0 Å².